The minimum atomic E-state index is -0.588. The van der Waals surface area contributed by atoms with Crippen LogP contribution in [0.25, 0.3) is 0 Å². The van der Waals surface area contributed by atoms with Gasteiger partial charge in [0.1, 0.15) is 0 Å². The molecule has 0 heterocycles. The van der Waals surface area contributed by atoms with Crippen molar-refractivity contribution in [1.29, 1.82) is 0 Å². The third kappa shape index (κ3) is 2.18. The molecule has 22 heavy (non-hydrogen) atoms. The second kappa shape index (κ2) is 5.25. The number of carboxylic acid groups (broad SMARTS) is 1. The van der Waals surface area contributed by atoms with E-state index in [0.717, 1.165) is 19.3 Å². The van der Waals surface area contributed by atoms with E-state index in [2.05, 4.69) is 32.9 Å². The van der Waals surface area contributed by atoms with Crippen molar-refractivity contribution in [2.75, 3.05) is 0 Å². The quantitative estimate of drug-likeness (QED) is 0.760. The molecule has 0 aliphatic heterocycles. The maximum Gasteiger partial charge on any atom is 0.309 e. The highest BCUT2D eigenvalue weighted by Gasteiger charge is 2.57. The molecule has 3 aliphatic rings. The molecule has 2 heteroatoms. The highest BCUT2D eigenvalue weighted by atomic mass is 16.4. The van der Waals surface area contributed by atoms with Crippen molar-refractivity contribution in [3.8, 4) is 0 Å². The van der Waals surface area contributed by atoms with Crippen LogP contribution in [0.15, 0.2) is 23.3 Å². The summed E-state index contributed by atoms with van der Waals surface area (Å²) >= 11 is 0. The molecule has 0 spiro atoms. The van der Waals surface area contributed by atoms with E-state index in [1.54, 1.807) is 5.57 Å². The lowest BCUT2D eigenvalue weighted by Gasteiger charge is -2.57. The number of hydrogen-bond donors (Lipinski definition) is 1. The highest BCUT2D eigenvalue weighted by Crippen LogP contribution is 2.62. The summed E-state index contributed by atoms with van der Waals surface area (Å²) in [6, 6.07) is 0. The summed E-state index contributed by atoms with van der Waals surface area (Å²) in [5.41, 5.74) is 2.69. The molecule has 0 radical (unpaired) electrons. The molecule has 0 aromatic rings. The number of carbonyl (C=O) groups is 1. The van der Waals surface area contributed by atoms with E-state index in [-0.39, 0.29) is 11.3 Å². The Kier molecular flexibility index (Phi) is 3.78. The summed E-state index contributed by atoms with van der Waals surface area (Å²) in [6.45, 7) is 8.93. The van der Waals surface area contributed by atoms with Crippen LogP contribution in [-0.2, 0) is 4.79 Å². The number of carboxylic acids is 1. The van der Waals surface area contributed by atoms with E-state index in [1.165, 1.54) is 24.8 Å². The Balaban J connectivity index is 2.00. The van der Waals surface area contributed by atoms with Crippen LogP contribution in [0.5, 0.6) is 0 Å². The third-order valence-electron chi connectivity index (χ3n) is 7.07. The van der Waals surface area contributed by atoms with Gasteiger partial charge in [-0.1, -0.05) is 44.9 Å². The standard InChI is InChI=1S/C20H30O2/c1-13(2)14-6-8-16-15(12-14)7-9-17-19(16,3)10-5-11-20(17,4)18(21)22/h7,12-13,16-17H,5-6,8-11H2,1-4H3,(H,21,22)/t16?,17-,19+,20-/m0/s1. The summed E-state index contributed by atoms with van der Waals surface area (Å²) in [4.78, 5) is 11.9. The van der Waals surface area contributed by atoms with Crippen molar-refractivity contribution in [1.82, 2.24) is 0 Å². The number of allylic oxidation sites excluding steroid dienone is 4. The molecule has 0 aromatic carbocycles. The Labute approximate surface area is 134 Å². The SMILES string of the molecule is CC(C)C1=CC2=CC[C@@H]3[C@@](C)(C(=O)O)CCC[C@]3(C)C2CC1. The molecule has 3 rings (SSSR count). The minimum absolute atomic E-state index is 0.161. The number of aliphatic carboxylic acids is 1. The fourth-order valence-corrected chi connectivity index (χ4v) is 5.60. The van der Waals surface area contributed by atoms with Crippen LogP contribution in [0.1, 0.15) is 66.2 Å². The van der Waals surface area contributed by atoms with Crippen LogP contribution < -0.4 is 0 Å². The molecule has 3 aliphatic carbocycles. The van der Waals surface area contributed by atoms with E-state index in [1.807, 2.05) is 6.92 Å². The Hall–Kier alpha value is -1.05. The second-order valence-electron chi connectivity index (χ2n) is 8.54. The number of hydrogen-bond acceptors (Lipinski definition) is 1. The molecule has 4 atom stereocenters. The van der Waals surface area contributed by atoms with Gasteiger partial charge in [-0.2, -0.15) is 0 Å². The van der Waals surface area contributed by atoms with Crippen LogP contribution in [0.2, 0.25) is 0 Å². The second-order valence-corrected chi connectivity index (χ2v) is 8.54. The molecule has 122 valence electrons. The predicted octanol–water partition coefficient (Wildman–Crippen LogP) is 5.21. The molecule has 0 amide bonds. The van der Waals surface area contributed by atoms with Gasteiger partial charge in [0.2, 0.25) is 0 Å². The first kappa shape index (κ1) is 15.8. The molecule has 1 unspecified atom stereocenters. The van der Waals surface area contributed by atoms with Gasteiger partial charge >= 0.3 is 5.97 Å². The minimum Gasteiger partial charge on any atom is -0.481 e. The Bertz CT molecular complexity index is 542. The predicted molar refractivity (Wildman–Crippen MR) is 89.5 cm³/mol. The van der Waals surface area contributed by atoms with Gasteiger partial charge in [0, 0.05) is 0 Å². The van der Waals surface area contributed by atoms with Crippen LogP contribution >= 0.6 is 0 Å². The van der Waals surface area contributed by atoms with E-state index < -0.39 is 11.4 Å². The first-order valence-electron chi connectivity index (χ1n) is 8.93. The molecule has 0 bridgehead atoms. The van der Waals surface area contributed by atoms with Crippen molar-refractivity contribution >= 4 is 5.97 Å². The normalized spacial score (nSPS) is 41.3. The zero-order valence-electron chi connectivity index (χ0n) is 14.5. The maximum atomic E-state index is 11.9. The van der Waals surface area contributed by atoms with E-state index in [0.29, 0.717) is 11.8 Å². The lowest BCUT2D eigenvalue weighted by atomic mass is 9.47. The zero-order valence-corrected chi connectivity index (χ0v) is 14.5. The molecule has 2 nitrogen and oxygen atoms in total. The summed E-state index contributed by atoms with van der Waals surface area (Å²) < 4.78 is 0. The lowest BCUT2D eigenvalue weighted by molar-refractivity contribution is -0.162. The molecule has 1 fully saturated rings. The Morgan fingerprint density at radius 3 is 2.68 bits per heavy atom. The monoisotopic (exact) mass is 302 g/mol. The third-order valence-corrected chi connectivity index (χ3v) is 7.07. The van der Waals surface area contributed by atoms with Crippen molar-refractivity contribution in [2.45, 2.75) is 66.2 Å². The average molecular weight is 302 g/mol. The molecule has 0 saturated heterocycles. The maximum absolute atomic E-state index is 11.9. The Morgan fingerprint density at radius 2 is 2.05 bits per heavy atom. The average Bonchev–Trinajstić information content (AvgIpc) is 2.46. The van der Waals surface area contributed by atoms with Crippen molar-refractivity contribution < 1.29 is 9.90 Å². The zero-order chi connectivity index (χ0) is 16.1. The van der Waals surface area contributed by atoms with Gasteiger partial charge in [0.15, 0.2) is 0 Å². The van der Waals surface area contributed by atoms with Crippen molar-refractivity contribution in [3.05, 3.63) is 23.3 Å². The van der Waals surface area contributed by atoms with Crippen LogP contribution in [0, 0.1) is 28.6 Å². The van der Waals surface area contributed by atoms with Gasteiger partial charge in [-0.25, -0.2) is 0 Å². The summed E-state index contributed by atoms with van der Waals surface area (Å²) in [7, 11) is 0. The Morgan fingerprint density at radius 1 is 1.32 bits per heavy atom. The fourth-order valence-electron chi connectivity index (χ4n) is 5.60. The molecule has 1 saturated carbocycles. The number of fused-ring (bicyclic) bond motifs is 3. The van der Waals surface area contributed by atoms with Gasteiger partial charge in [0.05, 0.1) is 5.41 Å². The summed E-state index contributed by atoms with van der Waals surface area (Å²) in [6.07, 6.45) is 11.2. The smallest absolute Gasteiger partial charge is 0.309 e. The van der Waals surface area contributed by atoms with Crippen LogP contribution in [-0.4, -0.2) is 11.1 Å². The topological polar surface area (TPSA) is 37.3 Å². The largest absolute Gasteiger partial charge is 0.481 e. The van der Waals surface area contributed by atoms with Gasteiger partial charge < -0.3 is 5.11 Å². The molecular formula is C20H30O2. The fraction of sp³-hybridized carbons (Fsp3) is 0.750. The van der Waals surface area contributed by atoms with E-state index in [4.69, 9.17) is 0 Å². The van der Waals surface area contributed by atoms with Crippen LogP contribution in [0.3, 0.4) is 0 Å². The molecule has 1 N–H and O–H groups in total. The number of rotatable bonds is 2. The molecule has 0 aromatic heterocycles. The van der Waals surface area contributed by atoms with Crippen molar-refractivity contribution in [3.63, 3.8) is 0 Å². The summed E-state index contributed by atoms with van der Waals surface area (Å²) in [5.74, 6) is 0.888. The van der Waals surface area contributed by atoms with Crippen molar-refractivity contribution in [2.24, 2.45) is 28.6 Å². The van der Waals surface area contributed by atoms with Crippen LogP contribution in [0.4, 0.5) is 0 Å². The first-order chi connectivity index (χ1) is 10.3. The van der Waals surface area contributed by atoms with Gasteiger partial charge in [0.25, 0.3) is 0 Å². The van der Waals surface area contributed by atoms with Gasteiger partial charge in [-0.3, -0.25) is 4.79 Å². The first-order valence-corrected chi connectivity index (χ1v) is 8.93. The summed E-state index contributed by atoms with van der Waals surface area (Å²) in [5, 5.41) is 9.83. The van der Waals surface area contributed by atoms with Gasteiger partial charge in [-0.05, 0) is 67.8 Å². The van der Waals surface area contributed by atoms with E-state index in [9.17, 15) is 9.90 Å². The molecular weight excluding hydrogens is 272 g/mol. The lowest BCUT2D eigenvalue weighted by Crippen LogP contribution is -2.53. The highest BCUT2D eigenvalue weighted by molar-refractivity contribution is 5.75. The van der Waals surface area contributed by atoms with E-state index >= 15 is 0 Å². The van der Waals surface area contributed by atoms with Gasteiger partial charge in [-0.15, -0.1) is 0 Å².